The van der Waals surface area contributed by atoms with Crippen LogP contribution in [0.5, 0.6) is 0 Å². The van der Waals surface area contributed by atoms with E-state index in [-0.39, 0.29) is 24.7 Å². The molecule has 0 spiro atoms. The number of morpholine rings is 1. The van der Waals surface area contributed by atoms with E-state index in [1.165, 1.54) is 0 Å². The topological polar surface area (TPSA) is 49.8 Å². The molecule has 1 aromatic rings. The fourth-order valence-electron chi connectivity index (χ4n) is 2.04. The first-order valence-corrected chi connectivity index (χ1v) is 6.87. The Kier molecular flexibility index (Phi) is 4.73. The summed E-state index contributed by atoms with van der Waals surface area (Å²) >= 11 is 10.3. The Labute approximate surface area is 122 Å². The molecule has 0 radical (unpaired) electrons. The van der Waals surface area contributed by atoms with Crippen LogP contribution in [0.25, 0.3) is 0 Å². The lowest BCUT2D eigenvalue weighted by atomic mass is 10.1. The number of aliphatic hydroxyl groups excluding tert-OH is 1. The number of hydrogen-bond donors (Lipinski definition) is 2. The van der Waals surface area contributed by atoms with Crippen LogP contribution in [0.3, 0.4) is 0 Å². The Morgan fingerprint density at radius 3 is 3.05 bits per heavy atom. The molecule has 1 amide bonds. The first-order valence-electron chi connectivity index (χ1n) is 6.05. The molecule has 1 aliphatic heterocycles. The van der Waals surface area contributed by atoms with Gasteiger partial charge in [0.1, 0.15) is 0 Å². The van der Waals surface area contributed by atoms with Crippen LogP contribution in [0.2, 0.25) is 5.02 Å². The predicted molar refractivity (Wildman–Crippen MR) is 76.0 cm³/mol. The van der Waals surface area contributed by atoms with E-state index in [0.29, 0.717) is 28.6 Å². The highest BCUT2D eigenvalue weighted by atomic mass is 35.5. The number of carbonyl (C=O) groups excluding carboxylic acids is 1. The van der Waals surface area contributed by atoms with Gasteiger partial charge in [0, 0.05) is 11.4 Å². The number of aliphatic hydroxyl groups is 1. The fraction of sp³-hybridized carbons (Fsp3) is 0.462. The zero-order chi connectivity index (χ0) is 14.0. The molecule has 1 saturated heterocycles. The highest BCUT2D eigenvalue weighted by Crippen LogP contribution is 2.23. The molecule has 2 unspecified atom stereocenters. The van der Waals surface area contributed by atoms with Gasteiger partial charge in [0.25, 0.3) is 5.91 Å². The van der Waals surface area contributed by atoms with Gasteiger partial charge in [-0.2, -0.15) is 0 Å². The highest BCUT2D eigenvalue weighted by molar-refractivity contribution is 7.80. The van der Waals surface area contributed by atoms with Gasteiger partial charge in [-0.3, -0.25) is 4.79 Å². The maximum atomic E-state index is 12.5. The molecule has 2 rings (SSSR count). The van der Waals surface area contributed by atoms with Crippen LogP contribution in [-0.2, 0) is 4.74 Å². The average Bonchev–Trinajstić information content (AvgIpc) is 2.41. The van der Waals surface area contributed by atoms with E-state index in [9.17, 15) is 4.79 Å². The second-order valence-corrected chi connectivity index (χ2v) is 5.53. The van der Waals surface area contributed by atoms with E-state index in [1.807, 2.05) is 6.92 Å². The summed E-state index contributed by atoms with van der Waals surface area (Å²) in [6.45, 7) is 2.58. The van der Waals surface area contributed by atoms with Crippen molar-refractivity contribution in [2.24, 2.45) is 0 Å². The van der Waals surface area contributed by atoms with Gasteiger partial charge >= 0.3 is 0 Å². The first-order chi connectivity index (χ1) is 9.02. The number of benzene rings is 1. The van der Waals surface area contributed by atoms with Crippen molar-refractivity contribution in [3.8, 4) is 0 Å². The quantitative estimate of drug-likeness (QED) is 0.820. The smallest absolute Gasteiger partial charge is 0.255 e. The van der Waals surface area contributed by atoms with E-state index < -0.39 is 0 Å². The minimum Gasteiger partial charge on any atom is -0.394 e. The number of amides is 1. The Bertz CT molecular complexity index is 483. The Morgan fingerprint density at radius 2 is 2.37 bits per heavy atom. The lowest BCUT2D eigenvalue weighted by Crippen LogP contribution is -2.52. The van der Waals surface area contributed by atoms with E-state index >= 15 is 0 Å². The molecule has 104 valence electrons. The lowest BCUT2D eigenvalue weighted by Gasteiger charge is -2.37. The number of thiol groups is 1. The van der Waals surface area contributed by atoms with Crippen LogP contribution in [-0.4, -0.2) is 47.8 Å². The van der Waals surface area contributed by atoms with Crippen molar-refractivity contribution in [1.82, 2.24) is 4.90 Å². The average molecular weight is 302 g/mol. The second kappa shape index (κ2) is 6.13. The predicted octanol–water partition coefficient (Wildman–Crippen LogP) is 1.85. The van der Waals surface area contributed by atoms with Crippen molar-refractivity contribution < 1.29 is 14.6 Å². The van der Waals surface area contributed by atoms with E-state index in [0.717, 1.165) is 0 Å². The summed E-state index contributed by atoms with van der Waals surface area (Å²) in [5.74, 6) is -0.157. The molecular formula is C13H16ClNO3S. The Morgan fingerprint density at radius 1 is 1.63 bits per heavy atom. The molecule has 0 saturated carbocycles. The summed E-state index contributed by atoms with van der Waals surface area (Å²) in [6.07, 6.45) is -0.335. The first kappa shape index (κ1) is 14.7. The molecule has 1 heterocycles. The summed E-state index contributed by atoms with van der Waals surface area (Å²) in [5.41, 5.74) is 0.430. The van der Waals surface area contributed by atoms with Gasteiger partial charge in [0.05, 0.1) is 35.9 Å². The highest BCUT2D eigenvalue weighted by Gasteiger charge is 2.30. The molecule has 6 heteroatoms. The maximum Gasteiger partial charge on any atom is 0.255 e. The normalized spacial score (nSPS) is 23.5. The molecule has 2 atom stereocenters. The number of hydrogen-bond acceptors (Lipinski definition) is 4. The van der Waals surface area contributed by atoms with Gasteiger partial charge in [-0.1, -0.05) is 11.6 Å². The molecule has 1 aliphatic rings. The van der Waals surface area contributed by atoms with Crippen molar-refractivity contribution in [2.45, 2.75) is 24.0 Å². The number of halogens is 1. The van der Waals surface area contributed by atoms with Crippen LogP contribution in [0.4, 0.5) is 0 Å². The van der Waals surface area contributed by atoms with Crippen molar-refractivity contribution in [2.75, 3.05) is 19.8 Å². The van der Waals surface area contributed by atoms with Crippen LogP contribution in [0.1, 0.15) is 17.3 Å². The van der Waals surface area contributed by atoms with Gasteiger partial charge in [-0.05, 0) is 25.1 Å². The molecule has 19 heavy (non-hydrogen) atoms. The fourth-order valence-corrected chi connectivity index (χ4v) is 2.44. The van der Waals surface area contributed by atoms with Gasteiger partial charge in [-0.25, -0.2) is 0 Å². The largest absolute Gasteiger partial charge is 0.394 e. The molecular weight excluding hydrogens is 286 g/mol. The van der Waals surface area contributed by atoms with Gasteiger partial charge in [0.15, 0.2) is 0 Å². The SMILES string of the molecule is CC1COC(CO)CN1C(=O)c1cc(S)ccc1Cl. The Hall–Kier alpha value is -0.750. The summed E-state index contributed by atoms with van der Waals surface area (Å²) in [5, 5.41) is 9.55. The van der Waals surface area contributed by atoms with Crippen molar-refractivity contribution in [3.05, 3.63) is 28.8 Å². The summed E-state index contributed by atoms with van der Waals surface area (Å²) in [4.78, 5) is 14.9. The minimum atomic E-state index is -0.335. The number of ether oxygens (including phenoxy) is 1. The van der Waals surface area contributed by atoms with Crippen molar-refractivity contribution in [3.63, 3.8) is 0 Å². The van der Waals surface area contributed by atoms with E-state index in [2.05, 4.69) is 12.6 Å². The summed E-state index contributed by atoms with van der Waals surface area (Å²) in [6, 6.07) is 5.01. The third-order valence-electron chi connectivity index (χ3n) is 3.15. The third kappa shape index (κ3) is 3.23. The monoisotopic (exact) mass is 301 g/mol. The number of nitrogens with zero attached hydrogens (tertiary/aromatic N) is 1. The molecule has 1 N–H and O–H groups in total. The Balaban J connectivity index is 2.24. The van der Waals surface area contributed by atoms with Crippen LogP contribution in [0.15, 0.2) is 23.1 Å². The zero-order valence-electron chi connectivity index (χ0n) is 10.5. The van der Waals surface area contributed by atoms with Gasteiger partial charge in [0.2, 0.25) is 0 Å². The molecule has 4 nitrogen and oxygen atoms in total. The second-order valence-electron chi connectivity index (χ2n) is 4.61. The standard InChI is InChI=1S/C13H16ClNO3S/c1-8-7-18-9(6-16)5-15(8)13(17)11-4-10(19)2-3-12(11)14/h2-4,8-9,16,19H,5-7H2,1H3. The zero-order valence-corrected chi connectivity index (χ0v) is 12.2. The van der Waals surface area contributed by atoms with Crippen LogP contribution in [0, 0.1) is 0 Å². The van der Waals surface area contributed by atoms with Crippen LogP contribution < -0.4 is 0 Å². The third-order valence-corrected chi connectivity index (χ3v) is 3.76. The van der Waals surface area contributed by atoms with Crippen molar-refractivity contribution in [1.29, 1.82) is 0 Å². The molecule has 0 aromatic heterocycles. The van der Waals surface area contributed by atoms with Crippen molar-refractivity contribution >= 4 is 30.1 Å². The van der Waals surface area contributed by atoms with E-state index in [1.54, 1.807) is 23.1 Å². The van der Waals surface area contributed by atoms with Gasteiger partial charge < -0.3 is 14.7 Å². The van der Waals surface area contributed by atoms with E-state index in [4.69, 9.17) is 21.4 Å². The number of rotatable bonds is 2. The molecule has 1 fully saturated rings. The molecule has 0 bridgehead atoms. The summed E-state index contributed by atoms with van der Waals surface area (Å²) < 4.78 is 5.42. The summed E-state index contributed by atoms with van der Waals surface area (Å²) in [7, 11) is 0. The van der Waals surface area contributed by atoms with Crippen LogP contribution >= 0.6 is 24.2 Å². The number of carbonyl (C=O) groups is 1. The van der Waals surface area contributed by atoms with Gasteiger partial charge in [-0.15, -0.1) is 12.6 Å². The lowest BCUT2D eigenvalue weighted by molar-refractivity contribution is -0.0667. The molecule has 1 aromatic carbocycles. The molecule has 0 aliphatic carbocycles. The minimum absolute atomic E-state index is 0.0464. The maximum absolute atomic E-state index is 12.5.